The minimum Gasteiger partial charge on any atom is -0.465 e. The Kier molecular flexibility index (Phi) is 3.76. The summed E-state index contributed by atoms with van der Waals surface area (Å²) in [7, 11) is 0. The molecule has 0 saturated carbocycles. The number of benzene rings is 1. The van der Waals surface area contributed by atoms with Crippen LogP contribution in [0.5, 0.6) is 0 Å². The number of ether oxygens (including phenoxy) is 1. The minimum atomic E-state index is -0.889. The van der Waals surface area contributed by atoms with Crippen LogP contribution in [0.15, 0.2) is 24.3 Å². The number of carbonyl (C=O) groups excluding carboxylic acids is 1. The maximum Gasteiger partial charge on any atom is 0.407 e. The van der Waals surface area contributed by atoms with Crippen LogP contribution in [-0.2, 0) is 4.74 Å². The molecule has 24 heavy (non-hydrogen) atoms. The van der Waals surface area contributed by atoms with Gasteiger partial charge in [-0.3, -0.25) is 4.79 Å². The van der Waals surface area contributed by atoms with Crippen LogP contribution in [0.4, 0.5) is 4.79 Å². The zero-order valence-corrected chi connectivity index (χ0v) is 13.3. The van der Waals surface area contributed by atoms with E-state index in [2.05, 4.69) is 17.5 Å². The van der Waals surface area contributed by atoms with Crippen molar-refractivity contribution in [2.24, 2.45) is 5.92 Å². The lowest BCUT2D eigenvalue weighted by Crippen LogP contribution is -2.31. The van der Waals surface area contributed by atoms with E-state index in [1.165, 1.54) is 10.5 Å². The van der Waals surface area contributed by atoms with Gasteiger partial charge in [0.05, 0.1) is 13.2 Å². The number of hydrogen-bond donors (Lipinski definition) is 2. The summed E-state index contributed by atoms with van der Waals surface area (Å²) >= 11 is 0. The molecule has 0 aliphatic carbocycles. The van der Waals surface area contributed by atoms with Gasteiger partial charge in [0.25, 0.3) is 5.91 Å². The summed E-state index contributed by atoms with van der Waals surface area (Å²) in [5, 5.41) is 12.2. The molecule has 1 aromatic rings. The molecule has 0 radical (unpaired) electrons. The number of rotatable bonds is 1. The van der Waals surface area contributed by atoms with E-state index in [1.54, 1.807) is 0 Å². The molecule has 1 fully saturated rings. The van der Waals surface area contributed by atoms with E-state index in [4.69, 9.17) is 4.74 Å². The highest BCUT2D eigenvalue weighted by molar-refractivity contribution is 5.97. The number of nitrogens with zero attached hydrogens (tertiary/aromatic N) is 1. The highest BCUT2D eigenvalue weighted by atomic mass is 16.5. The molecule has 4 rings (SSSR count). The van der Waals surface area contributed by atoms with Crippen LogP contribution >= 0.6 is 0 Å². The van der Waals surface area contributed by atoms with Gasteiger partial charge in [-0.1, -0.05) is 18.2 Å². The lowest BCUT2D eigenvalue weighted by molar-refractivity contribution is 0.0951. The number of amides is 2. The molecule has 6 heteroatoms. The maximum atomic E-state index is 12.5. The Hall–Kier alpha value is -2.34. The van der Waals surface area contributed by atoms with Gasteiger partial charge in [-0.2, -0.15) is 0 Å². The molecule has 126 valence electrons. The van der Waals surface area contributed by atoms with Gasteiger partial charge < -0.3 is 20.1 Å². The molecule has 3 aliphatic heterocycles. The predicted molar refractivity (Wildman–Crippen MR) is 88.0 cm³/mol. The van der Waals surface area contributed by atoms with Crippen molar-refractivity contribution in [3.8, 4) is 0 Å². The van der Waals surface area contributed by atoms with Crippen molar-refractivity contribution in [2.45, 2.75) is 12.3 Å². The lowest BCUT2D eigenvalue weighted by atomic mass is 9.85. The molecule has 3 aliphatic rings. The van der Waals surface area contributed by atoms with Crippen LogP contribution in [0.3, 0.4) is 0 Å². The molecule has 3 heterocycles. The first-order chi connectivity index (χ1) is 11.6. The van der Waals surface area contributed by atoms with Crippen molar-refractivity contribution in [1.29, 1.82) is 0 Å². The smallest absolute Gasteiger partial charge is 0.407 e. The fourth-order valence-corrected chi connectivity index (χ4v) is 3.97. The van der Waals surface area contributed by atoms with Gasteiger partial charge in [-0.05, 0) is 29.2 Å². The van der Waals surface area contributed by atoms with Crippen molar-refractivity contribution in [2.75, 3.05) is 32.8 Å². The Morgan fingerprint density at radius 2 is 2.21 bits per heavy atom. The third kappa shape index (κ3) is 2.57. The van der Waals surface area contributed by atoms with E-state index in [9.17, 15) is 14.7 Å². The fraction of sp³-hybridized carbons (Fsp3) is 0.444. The van der Waals surface area contributed by atoms with Crippen LogP contribution in [0.25, 0.3) is 5.57 Å². The van der Waals surface area contributed by atoms with Crippen LogP contribution in [-0.4, -0.2) is 54.9 Å². The second-order valence-corrected chi connectivity index (χ2v) is 6.62. The summed E-state index contributed by atoms with van der Waals surface area (Å²) in [4.78, 5) is 25.2. The van der Waals surface area contributed by atoms with E-state index in [0.717, 1.165) is 17.5 Å². The first-order valence-electron chi connectivity index (χ1n) is 8.30. The molecule has 2 N–H and O–H groups in total. The number of fused-ring (bicyclic) bond motifs is 3. The summed E-state index contributed by atoms with van der Waals surface area (Å²) < 4.78 is 5.35. The fourth-order valence-electron chi connectivity index (χ4n) is 3.97. The van der Waals surface area contributed by atoms with E-state index in [0.29, 0.717) is 38.4 Å². The third-order valence-corrected chi connectivity index (χ3v) is 5.27. The highest BCUT2D eigenvalue weighted by Crippen LogP contribution is 2.37. The zero-order valence-electron chi connectivity index (χ0n) is 13.3. The molecular formula is C18H20N2O4. The second-order valence-electron chi connectivity index (χ2n) is 6.62. The summed E-state index contributed by atoms with van der Waals surface area (Å²) in [6.07, 6.45) is 2.02. The van der Waals surface area contributed by atoms with Crippen LogP contribution in [0.1, 0.15) is 33.8 Å². The van der Waals surface area contributed by atoms with Crippen LogP contribution in [0, 0.1) is 5.92 Å². The lowest BCUT2D eigenvalue weighted by Gasteiger charge is -2.18. The second kappa shape index (κ2) is 5.94. The molecule has 2 amide bonds. The Balaban J connectivity index is 1.71. The van der Waals surface area contributed by atoms with Gasteiger partial charge in [0.2, 0.25) is 0 Å². The topological polar surface area (TPSA) is 78.9 Å². The minimum absolute atomic E-state index is 0.0595. The molecule has 6 nitrogen and oxygen atoms in total. The molecule has 1 saturated heterocycles. The number of nitrogens with one attached hydrogen (secondary N) is 1. The first-order valence-corrected chi connectivity index (χ1v) is 8.30. The van der Waals surface area contributed by atoms with Gasteiger partial charge in [0.15, 0.2) is 0 Å². The highest BCUT2D eigenvalue weighted by Gasteiger charge is 2.39. The molecular weight excluding hydrogens is 308 g/mol. The monoisotopic (exact) mass is 328 g/mol. The van der Waals surface area contributed by atoms with Crippen molar-refractivity contribution >= 4 is 17.6 Å². The Labute approximate surface area is 140 Å². The maximum absolute atomic E-state index is 12.5. The largest absolute Gasteiger partial charge is 0.465 e. The van der Waals surface area contributed by atoms with Gasteiger partial charge in [-0.15, -0.1) is 0 Å². The number of hydrogen-bond acceptors (Lipinski definition) is 3. The van der Waals surface area contributed by atoms with Crippen molar-refractivity contribution in [3.05, 3.63) is 41.0 Å². The number of carboxylic acid groups (broad SMARTS) is 1. The van der Waals surface area contributed by atoms with Gasteiger partial charge in [0.1, 0.15) is 0 Å². The summed E-state index contributed by atoms with van der Waals surface area (Å²) in [5.41, 5.74) is 3.91. The molecule has 1 aromatic carbocycles. The zero-order chi connectivity index (χ0) is 16.7. The number of likely N-dealkylation sites (tertiary alicyclic amines) is 1. The van der Waals surface area contributed by atoms with Crippen molar-refractivity contribution in [3.63, 3.8) is 0 Å². The van der Waals surface area contributed by atoms with Crippen molar-refractivity contribution < 1.29 is 19.4 Å². The van der Waals surface area contributed by atoms with E-state index < -0.39 is 6.09 Å². The predicted octanol–water partition coefficient (Wildman–Crippen LogP) is 1.93. The van der Waals surface area contributed by atoms with E-state index >= 15 is 0 Å². The average Bonchev–Trinajstić information content (AvgIpc) is 2.99. The quantitative estimate of drug-likeness (QED) is 0.825. The van der Waals surface area contributed by atoms with Gasteiger partial charge >= 0.3 is 6.09 Å². The van der Waals surface area contributed by atoms with E-state index in [1.807, 2.05) is 12.1 Å². The molecule has 0 spiro atoms. The first kappa shape index (κ1) is 15.2. The SMILES string of the molecule is O=C1NCC2CN(C(=O)O)CC2c2ccc(C3=CCOCC3)cc21. The standard InChI is InChI=1S/C18H20N2O4/c21-17-15-7-12(11-3-5-24-6-4-11)1-2-14(15)16-10-20(18(22)23)9-13(16)8-19-17/h1-3,7,13,16H,4-6,8-10H2,(H,19,21)(H,22,23). The van der Waals surface area contributed by atoms with Gasteiger partial charge in [0, 0.05) is 37.0 Å². The third-order valence-electron chi connectivity index (χ3n) is 5.27. The van der Waals surface area contributed by atoms with Crippen LogP contribution < -0.4 is 5.32 Å². The molecule has 2 unspecified atom stereocenters. The van der Waals surface area contributed by atoms with Crippen molar-refractivity contribution in [1.82, 2.24) is 10.2 Å². The summed E-state index contributed by atoms with van der Waals surface area (Å²) in [5.74, 6) is 0.156. The molecule has 0 bridgehead atoms. The Morgan fingerprint density at radius 1 is 1.33 bits per heavy atom. The van der Waals surface area contributed by atoms with Crippen LogP contribution in [0.2, 0.25) is 0 Å². The molecule has 2 atom stereocenters. The number of carbonyl (C=O) groups is 2. The van der Waals surface area contributed by atoms with Gasteiger partial charge in [-0.25, -0.2) is 4.79 Å². The van der Waals surface area contributed by atoms with E-state index in [-0.39, 0.29) is 17.7 Å². The summed E-state index contributed by atoms with van der Waals surface area (Å²) in [6.45, 7) is 2.76. The Morgan fingerprint density at radius 3 is 2.96 bits per heavy atom. The normalized spacial score (nSPS) is 26.1. The molecule has 0 aromatic heterocycles. The summed E-state index contributed by atoms with van der Waals surface area (Å²) in [6, 6.07) is 6.01. The average molecular weight is 328 g/mol. The Bertz CT molecular complexity index is 728.